The molecule has 0 saturated heterocycles. The van der Waals surface area contributed by atoms with Gasteiger partial charge in [-0.05, 0) is 103 Å². The van der Waals surface area contributed by atoms with Crippen molar-refractivity contribution in [3.05, 3.63) is 179 Å². The van der Waals surface area contributed by atoms with Crippen LogP contribution in [0.3, 0.4) is 0 Å². The van der Waals surface area contributed by atoms with Gasteiger partial charge in [0.2, 0.25) is 35.4 Å². The van der Waals surface area contributed by atoms with E-state index in [4.69, 9.17) is 63.0 Å². The van der Waals surface area contributed by atoms with Gasteiger partial charge in [0.25, 0.3) is 5.91 Å². The van der Waals surface area contributed by atoms with Crippen molar-refractivity contribution in [1.29, 1.82) is 0 Å². The van der Waals surface area contributed by atoms with Gasteiger partial charge < -0.3 is 95.0 Å². The molecule has 14 heterocycles. The minimum Gasteiger partial charge on any atom is -0.506 e. The number of ether oxygens (including phenoxy) is 2. The molecule has 0 fully saturated rings. The third kappa shape index (κ3) is 9.90. The zero-order chi connectivity index (χ0) is 75.8. The van der Waals surface area contributed by atoms with Crippen LogP contribution in [-0.2, 0) is 42.8 Å². The fourth-order valence-electron chi connectivity index (χ4n) is 17.1. The second-order valence-corrected chi connectivity index (χ2v) is 30.0. The number of rotatable bonds is 9. The Hall–Kier alpha value is -12.2. The van der Waals surface area contributed by atoms with Crippen LogP contribution in [0.2, 0.25) is 0 Å². The Morgan fingerprint density at radius 2 is 1.03 bits per heavy atom. The molecular formula is C82H78N12O15. The van der Waals surface area contributed by atoms with E-state index in [0.717, 1.165) is 83.3 Å². The van der Waals surface area contributed by atoms with Gasteiger partial charge in [-0.25, -0.2) is 24.7 Å². The Balaban J connectivity index is 0.000000139. The highest BCUT2D eigenvalue weighted by atomic mass is 16.5. The number of nitrogens with one attached hydrogen (secondary N) is 7. The van der Waals surface area contributed by atoms with Gasteiger partial charge in [-0.2, -0.15) is 0 Å². The summed E-state index contributed by atoms with van der Waals surface area (Å²) < 4.78 is 40.5. The van der Waals surface area contributed by atoms with Crippen molar-refractivity contribution in [2.45, 2.75) is 153 Å². The van der Waals surface area contributed by atoms with Crippen LogP contribution >= 0.6 is 0 Å². The minimum atomic E-state index is -1.63. The largest absolute Gasteiger partial charge is 0.506 e. The SMILES string of the molecule is CC(C)[C@@H]1NC(=O)[C@@H](N)Cc2ccc3c(c2)C24c5cccc(c5N[C@H]2O3)-c2ccc(O)c3[nH]cc(c23)-c2cnc(o2)-c2nc1oc24.CCC(O)(CC)C(=O)N[C@H]1Cc2ccc3c(c2)C24c5cccc(c5N[C@H]2O3)-c2ccc(O)c3[nH]cc(c23)-c2cnc(o2)-c2nc(oc24)[C@H](C(C)C)NC1=O.CCC(O)(CC)C(=O)O. The molecule has 6 aromatic heterocycles. The molecule has 27 heteroatoms. The number of amides is 3. The van der Waals surface area contributed by atoms with Crippen LogP contribution in [0.15, 0.2) is 140 Å². The van der Waals surface area contributed by atoms with Gasteiger partial charge in [-0.3, -0.25) is 14.4 Å². The Morgan fingerprint density at radius 3 is 1.47 bits per heavy atom. The van der Waals surface area contributed by atoms with Crippen LogP contribution in [0.1, 0.15) is 150 Å². The van der Waals surface area contributed by atoms with Crippen molar-refractivity contribution in [3.63, 3.8) is 0 Å². The maximum Gasteiger partial charge on any atom is 0.335 e. The maximum atomic E-state index is 14.3. The number of hydrogen-bond acceptors (Lipinski definition) is 21. The summed E-state index contributed by atoms with van der Waals surface area (Å²) in [5.41, 5.74) is 15.0. The zero-order valence-corrected chi connectivity index (χ0v) is 60.6. The first-order valence-corrected chi connectivity index (χ1v) is 36.8. The van der Waals surface area contributed by atoms with E-state index in [1.165, 1.54) is 0 Å². The van der Waals surface area contributed by atoms with Crippen molar-refractivity contribution in [1.82, 2.24) is 45.9 Å². The van der Waals surface area contributed by atoms with Crippen LogP contribution < -0.4 is 41.8 Å². The quantitative estimate of drug-likeness (QED) is 0.0638. The molecule has 20 bridgehead atoms. The number of hydrogen-bond donors (Lipinski definition) is 13. The summed E-state index contributed by atoms with van der Waals surface area (Å²) in [6.45, 7) is 14.7. The number of carboxylic acids is 1. The van der Waals surface area contributed by atoms with Gasteiger partial charge >= 0.3 is 5.97 Å². The number of phenolic OH excluding ortho intramolecular Hbond substituents is 2. The number of H-pyrrole nitrogens is 2. The minimum absolute atomic E-state index is 0.0712. The van der Waals surface area contributed by atoms with E-state index >= 15 is 0 Å². The number of aromatic nitrogens is 6. The summed E-state index contributed by atoms with van der Waals surface area (Å²) in [4.78, 5) is 77.5. The molecule has 8 atom stereocenters. The third-order valence-electron chi connectivity index (χ3n) is 23.4. The molecule has 2 spiro atoms. The lowest BCUT2D eigenvalue weighted by Crippen LogP contribution is -2.55. The number of oxazole rings is 4. The fourth-order valence-corrected chi connectivity index (χ4v) is 17.1. The summed E-state index contributed by atoms with van der Waals surface area (Å²) in [5, 5.41) is 68.5. The molecule has 12 aromatic rings. The predicted octanol–water partition coefficient (Wildman–Crippen LogP) is 12.0. The van der Waals surface area contributed by atoms with E-state index in [9.17, 15) is 34.5 Å². The van der Waals surface area contributed by atoms with Gasteiger partial charge in [-0.15, -0.1) is 0 Å². The van der Waals surface area contributed by atoms with Crippen LogP contribution in [0.5, 0.6) is 23.0 Å². The van der Waals surface area contributed by atoms with Gasteiger partial charge in [0.1, 0.15) is 57.6 Å². The molecule has 2 unspecified atom stereocenters. The van der Waals surface area contributed by atoms with E-state index in [-0.39, 0.29) is 79.0 Å². The summed E-state index contributed by atoms with van der Waals surface area (Å²) in [6, 6.07) is 28.1. The molecule has 3 amide bonds. The second kappa shape index (κ2) is 24.7. The molecule has 0 saturated carbocycles. The lowest BCUT2D eigenvalue weighted by atomic mass is 9.72. The molecule has 0 aliphatic carbocycles. The van der Waals surface area contributed by atoms with Crippen molar-refractivity contribution in [2.24, 2.45) is 17.6 Å². The smallest absolute Gasteiger partial charge is 0.335 e. The number of phenols is 2. The summed E-state index contributed by atoms with van der Waals surface area (Å²) >= 11 is 0. The highest BCUT2D eigenvalue weighted by Gasteiger charge is 2.64. The van der Waals surface area contributed by atoms with Crippen LogP contribution in [0.4, 0.5) is 11.4 Å². The average molecular weight is 1470 g/mol. The van der Waals surface area contributed by atoms with Gasteiger partial charge in [0, 0.05) is 85.5 Å². The van der Waals surface area contributed by atoms with Crippen LogP contribution in [0.25, 0.3) is 89.9 Å². The standard InChI is InChI=1S/C41H38N6O7.C35H28N6O5.C6H12O3/c1-5-40(51,6-2)38(50)44-25-15-19-10-13-27-24(14-19)41-23-9-7-8-21(31(23)47-39(41)53-27)20-11-12-26(48)32-29(20)22(16-42-32)28-17-43-36(52-28)33-34(41)54-37(46-33)30(18(3)4)45-35(25)49;1-14(2)26-33-40-29-30(46-33)35-19-5-3-4-17(16-7-8-22(42)28-25(16)18(12-37-28)24-13-38-32(29)44-24)27(19)41-34(35)45-23-9-6-15(10-20(23)35)11-21(36)31(43)39-26;1-3-6(9,4-2)5(7)8/h7-14,16-18,25,30,39,42,47-48,51H,5-6,15H2,1-4H3,(H,44,50)(H,45,49);3-10,12-14,21,26,34,37,41-42H,11,36H2,1-2H3,(H,39,43);9H,3-4H2,1-2H3,(H,7,8)/t25-,30-,39-,41?;21-,26-,34-,35?;/m00./s1. The molecule has 8 aliphatic heterocycles. The van der Waals surface area contributed by atoms with E-state index < -0.39 is 76.4 Å². The number of para-hydroxylation sites is 2. The molecule has 6 aromatic carbocycles. The average Bonchev–Trinajstić information content (AvgIpc) is 1.52. The van der Waals surface area contributed by atoms with E-state index in [0.29, 0.717) is 74.8 Å². The molecule has 27 nitrogen and oxygen atoms in total. The second-order valence-electron chi connectivity index (χ2n) is 30.0. The number of fused-ring (bicyclic) bond motifs is 14. The number of anilines is 2. The Bertz CT molecular complexity index is 5810. The van der Waals surface area contributed by atoms with Crippen molar-refractivity contribution in [3.8, 4) is 91.1 Å². The molecular weight excluding hydrogens is 1390 g/mol. The van der Waals surface area contributed by atoms with Crippen molar-refractivity contribution in [2.75, 3.05) is 10.6 Å². The lowest BCUT2D eigenvalue weighted by Gasteiger charge is -2.30. The molecule has 20 rings (SSSR count). The number of aromatic amines is 2. The summed E-state index contributed by atoms with van der Waals surface area (Å²) in [5.74, 6) is 1.76. The highest BCUT2D eigenvalue weighted by molar-refractivity contribution is 6.11. The van der Waals surface area contributed by atoms with Crippen LogP contribution in [-0.4, -0.2) is 115 Å². The zero-order valence-electron chi connectivity index (χ0n) is 60.6. The first-order valence-electron chi connectivity index (χ1n) is 36.8. The Labute approximate surface area is 622 Å². The fraction of sp³-hybridized carbons (Fsp3) is 0.317. The van der Waals surface area contributed by atoms with Crippen molar-refractivity contribution < 1.29 is 71.9 Å². The first kappa shape index (κ1) is 68.6. The van der Waals surface area contributed by atoms with Gasteiger partial charge in [-0.1, -0.05) is 116 Å². The Kier molecular flexibility index (Phi) is 15.5. The number of carbonyl (C=O) groups is 4. The predicted molar refractivity (Wildman–Crippen MR) is 399 cm³/mol. The number of carbonyl (C=O) groups excluding carboxylic acids is 3. The van der Waals surface area contributed by atoms with Gasteiger partial charge in [0.15, 0.2) is 52.5 Å². The molecule has 8 aliphatic rings. The molecule has 109 heavy (non-hydrogen) atoms. The normalized spacial score (nSPS) is 21.6. The number of aliphatic carboxylic acids is 1. The number of carboxylic acid groups (broad SMARTS) is 1. The number of nitrogens with zero attached hydrogens (tertiary/aromatic N) is 4. The number of aromatic hydroxyl groups is 2. The topological polar surface area (TPSA) is 410 Å². The molecule has 556 valence electrons. The molecule has 14 N–H and O–H groups in total. The van der Waals surface area contributed by atoms with Crippen molar-refractivity contribution >= 4 is 56.9 Å². The first-order chi connectivity index (χ1) is 52.4. The summed E-state index contributed by atoms with van der Waals surface area (Å²) in [6.07, 6.45) is 7.01. The lowest BCUT2D eigenvalue weighted by molar-refractivity contribution is -0.159. The van der Waals surface area contributed by atoms with E-state index in [2.05, 4.69) is 60.8 Å². The number of aliphatic hydroxyl groups is 2. The van der Waals surface area contributed by atoms with E-state index in [1.807, 2.05) is 94.6 Å². The summed E-state index contributed by atoms with van der Waals surface area (Å²) in [7, 11) is 0. The number of benzene rings is 6. The van der Waals surface area contributed by atoms with Gasteiger partial charge in [0.05, 0.1) is 29.5 Å². The maximum absolute atomic E-state index is 14.3. The van der Waals surface area contributed by atoms with E-state index in [1.54, 1.807) is 58.4 Å². The highest BCUT2D eigenvalue weighted by Crippen LogP contribution is 2.64. The monoisotopic (exact) mass is 1470 g/mol. The molecule has 0 radical (unpaired) electrons. The third-order valence-corrected chi connectivity index (χ3v) is 23.4. The van der Waals surface area contributed by atoms with Crippen LogP contribution in [0, 0.1) is 11.8 Å². The number of nitrogens with two attached hydrogens (primary N) is 1. The Morgan fingerprint density at radius 1 is 0.569 bits per heavy atom.